The SMILES string of the molecule is COc1cc(C(=O)N2CCC(S(=O)(=O)c3ccc(Cl)cc3)CC2)nc2ccccc12. The first kappa shape index (κ1) is 20.6. The highest BCUT2D eigenvalue weighted by Gasteiger charge is 2.33. The van der Waals surface area contributed by atoms with E-state index in [9.17, 15) is 13.2 Å². The van der Waals surface area contributed by atoms with Crippen LogP contribution < -0.4 is 4.74 Å². The van der Waals surface area contributed by atoms with Gasteiger partial charge in [0.15, 0.2) is 9.84 Å². The number of hydrogen-bond donors (Lipinski definition) is 0. The van der Waals surface area contributed by atoms with Crippen LogP contribution in [-0.2, 0) is 9.84 Å². The molecule has 1 amide bonds. The number of carbonyl (C=O) groups is 1. The summed E-state index contributed by atoms with van der Waals surface area (Å²) in [5, 5.41) is 0.804. The first-order valence-electron chi connectivity index (χ1n) is 9.62. The molecule has 4 rings (SSSR count). The van der Waals surface area contributed by atoms with E-state index >= 15 is 0 Å². The first-order chi connectivity index (χ1) is 14.4. The number of benzene rings is 2. The summed E-state index contributed by atoms with van der Waals surface area (Å²) >= 11 is 5.86. The van der Waals surface area contributed by atoms with Gasteiger partial charge in [0.25, 0.3) is 5.91 Å². The molecule has 0 atom stereocenters. The maximum Gasteiger partial charge on any atom is 0.272 e. The van der Waals surface area contributed by atoms with Crippen LogP contribution in [0.5, 0.6) is 5.75 Å². The number of para-hydroxylation sites is 1. The highest BCUT2D eigenvalue weighted by atomic mass is 35.5. The van der Waals surface area contributed by atoms with Crippen LogP contribution in [0.3, 0.4) is 0 Å². The molecule has 2 aromatic carbocycles. The molecule has 1 fully saturated rings. The lowest BCUT2D eigenvalue weighted by molar-refractivity contribution is 0.0719. The smallest absolute Gasteiger partial charge is 0.272 e. The maximum atomic E-state index is 13.0. The summed E-state index contributed by atoms with van der Waals surface area (Å²) in [5.74, 6) is 0.366. The van der Waals surface area contributed by atoms with Gasteiger partial charge in [0, 0.05) is 29.6 Å². The molecule has 2 heterocycles. The van der Waals surface area contributed by atoms with Crippen molar-refractivity contribution in [1.82, 2.24) is 9.88 Å². The summed E-state index contributed by atoms with van der Waals surface area (Å²) in [5.41, 5.74) is 0.977. The zero-order valence-corrected chi connectivity index (χ0v) is 18.0. The van der Waals surface area contributed by atoms with Crippen LogP contribution >= 0.6 is 11.6 Å². The number of aromatic nitrogens is 1. The largest absolute Gasteiger partial charge is 0.496 e. The number of piperidine rings is 1. The van der Waals surface area contributed by atoms with E-state index < -0.39 is 15.1 Å². The normalized spacial score (nSPS) is 15.3. The summed E-state index contributed by atoms with van der Waals surface area (Å²) in [4.78, 5) is 19.4. The van der Waals surface area contributed by atoms with Gasteiger partial charge < -0.3 is 9.64 Å². The molecule has 0 N–H and O–H groups in total. The number of rotatable bonds is 4. The Morgan fingerprint density at radius 3 is 2.43 bits per heavy atom. The molecule has 0 spiro atoms. The molecule has 1 saturated heterocycles. The van der Waals surface area contributed by atoms with E-state index in [-0.39, 0.29) is 10.8 Å². The number of amides is 1. The van der Waals surface area contributed by atoms with E-state index in [1.807, 2.05) is 24.3 Å². The van der Waals surface area contributed by atoms with Crippen molar-refractivity contribution >= 4 is 38.2 Å². The van der Waals surface area contributed by atoms with Gasteiger partial charge in [-0.2, -0.15) is 0 Å². The third-order valence-electron chi connectivity index (χ3n) is 5.43. The Labute approximate surface area is 180 Å². The van der Waals surface area contributed by atoms with E-state index in [1.165, 1.54) is 12.1 Å². The van der Waals surface area contributed by atoms with Crippen molar-refractivity contribution in [3.63, 3.8) is 0 Å². The highest BCUT2D eigenvalue weighted by Crippen LogP contribution is 2.28. The van der Waals surface area contributed by atoms with Gasteiger partial charge in [0.05, 0.1) is 22.8 Å². The Morgan fingerprint density at radius 1 is 1.10 bits per heavy atom. The fourth-order valence-corrected chi connectivity index (χ4v) is 5.63. The topological polar surface area (TPSA) is 76.6 Å². The molecular weight excluding hydrogens is 424 g/mol. The number of likely N-dealkylation sites (tertiary alicyclic amines) is 1. The van der Waals surface area contributed by atoms with Gasteiger partial charge in [-0.15, -0.1) is 0 Å². The summed E-state index contributed by atoms with van der Waals surface area (Å²) in [6.45, 7) is 0.709. The van der Waals surface area contributed by atoms with Crippen LogP contribution in [0.1, 0.15) is 23.3 Å². The summed E-state index contributed by atoms with van der Waals surface area (Å²) < 4.78 is 31.2. The molecule has 1 aliphatic rings. The summed E-state index contributed by atoms with van der Waals surface area (Å²) in [6.07, 6.45) is 0.753. The van der Waals surface area contributed by atoms with Crippen molar-refractivity contribution in [2.75, 3.05) is 20.2 Å². The van der Waals surface area contributed by atoms with Crippen LogP contribution in [0.25, 0.3) is 10.9 Å². The van der Waals surface area contributed by atoms with Gasteiger partial charge in [0.1, 0.15) is 11.4 Å². The van der Waals surface area contributed by atoms with Crippen LogP contribution in [0, 0.1) is 0 Å². The monoisotopic (exact) mass is 444 g/mol. The molecule has 0 bridgehead atoms. The molecule has 0 unspecified atom stereocenters. The minimum atomic E-state index is -3.46. The number of ether oxygens (including phenoxy) is 1. The Bertz CT molecular complexity index is 1190. The van der Waals surface area contributed by atoms with E-state index in [0.29, 0.717) is 47.9 Å². The second kappa shape index (κ2) is 8.24. The average Bonchev–Trinajstić information content (AvgIpc) is 2.78. The number of pyridine rings is 1. The van der Waals surface area contributed by atoms with Crippen molar-refractivity contribution < 1.29 is 17.9 Å². The van der Waals surface area contributed by atoms with Gasteiger partial charge in [0.2, 0.25) is 0 Å². The maximum absolute atomic E-state index is 13.0. The molecule has 1 aliphatic heterocycles. The Kier molecular flexibility index (Phi) is 5.66. The van der Waals surface area contributed by atoms with Crippen molar-refractivity contribution in [1.29, 1.82) is 0 Å². The Balaban J connectivity index is 1.51. The van der Waals surface area contributed by atoms with Crippen LogP contribution in [-0.4, -0.2) is 49.7 Å². The van der Waals surface area contributed by atoms with Gasteiger partial charge in [-0.3, -0.25) is 4.79 Å². The third-order valence-corrected chi connectivity index (χ3v) is 7.96. The van der Waals surface area contributed by atoms with E-state index in [2.05, 4.69) is 4.98 Å². The highest BCUT2D eigenvalue weighted by molar-refractivity contribution is 7.92. The lowest BCUT2D eigenvalue weighted by atomic mass is 10.1. The van der Waals surface area contributed by atoms with Crippen molar-refractivity contribution in [3.8, 4) is 5.75 Å². The Morgan fingerprint density at radius 2 is 1.77 bits per heavy atom. The lowest BCUT2D eigenvalue weighted by Crippen LogP contribution is -2.42. The van der Waals surface area contributed by atoms with E-state index in [0.717, 1.165) is 5.39 Å². The lowest BCUT2D eigenvalue weighted by Gasteiger charge is -2.31. The van der Waals surface area contributed by atoms with Gasteiger partial charge >= 0.3 is 0 Å². The number of carbonyl (C=O) groups excluding carboxylic acids is 1. The Hall–Kier alpha value is -2.64. The third kappa shape index (κ3) is 3.87. The average molecular weight is 445 g/mol. The first-order valence-corrected chi connectivity index (χ1v) is 11.5. The second-order valence-corrected chi connectivity index (χ2v) is 9.88. The van der Waals surface area contributed by atoms with Crippen LogP contribution in [0.2, 0.25) is 5.02 Å². The van der Waals surface area contributed by atoms with E-state index in [4.69, 9.17) is 16.3 Å². The zero-order chi connectivity index (χ0) is 21.3. The van der Waals surface area contributed by atoms with Gasteiger partial charge in [-0.05, 0) is 49.2 Å². The number of hydrogen-bond acceptors (Lipinski definition) is 5. The molecule has 0 radical (unpaired) electrons. The van der Waals surface area contributed by atoms with Crippen LogP contribution in [0.15, 0.2) is 59.5 Å². The molecule has 3 aromatic rings. The van der Waals surface area contributed by atoms with Crippen molar-refractivity contribution in [2.45, 2.75) is 23.0 Å². The predicted molar refractivity (Wildman–Crippen MR) is 116 cm³/mol. The zero-order valence-electron chi connectivity index (χ0n) is 16.4. The molecule has 30 heavy (non-hydrogen) atoms. The number of nitrogens with zero attached hydrogens (tertiary/aromatic N) is 2. The molecular formula is C22H21ClN2O4S. The quantitative estimate of drug-likeness (QED) is 0.608. The summed E-state index contributed by atoms with van der Waals surface area (Å²) in [7, 11) is -1.91. The fraction of sp³-hybridized carbons (Fsp3) is 0.273. The van der Waals surface area contributed by atoms with Gasteiger partial charge in [-0.1, -0.05) is 23.7 Å². The number of fused-ring (bicyclic) bond motifs is 1. The minimum Gasteiger partial charge on any atom is -0.496 e. The molecule has 156 valence electrons. The molecule has 8 heteroatoms. The number of halogens is 1. The molecule has 1 aromatic heterocycles. The summed E-state index contributed by atoms with van der Waals surface area (Å²) in [6, 6.07) is 15.3. The van der Waals surface area contributed by atoms with Crippen molar-refractivity contribution in [2.24, 2.45) is 0 Å². The fourth-order valence-electron chi connectivity index (χ4n) is 3.77. The second-order valence-electron chi connectivity index (χ2n) is 7.22. The number of methoxy groups -OCH3 is 1. The van der Waals surface area contributed by atoms with Crippen molar-refractivity contribution in [3.05, 3.63) is 65.3 Å². The van der Waals surface area contributed by atoms with E-state index in [1.54, 1.807) is 30.2 Å². The standard InChI is InChI=1S/C22H21ClN2O4S/c1-29-21-14-20(24-19-5-3-2-4-18(19)21)22(26)25-12-10-17(11-13-25)30(27,28)16-8-6-15(23)7-9-16/h2-9,14,17H,10-13H2,1H3. The predicted octanol–water partition coefficient (Wildman–Crippen LogP) is 3.98. The van der Waals surface area contributed by atoms with Crippen LogP contribution in [0.4, 0.5) is 0 Å². The molecule has 0 aliphatic carbocycles. The molecule has 0 saturated carbocycles. The molecule has 6 nitrogen and oxygen atoms in total. The number of sulfone groups is 1. The van der Waals surface area contributed by atoms with Gasteiger partial charge in [-0.25, -0.2) is 13.4 Å². The minimum absolute atomic E-state index is 0.221.